The minimum absolute atomic E-state index is 0.114. The number of nitrogens with zero attached hydrogens (tertiary/aromatic N) is 4. The lowest BCUT2D eigenvalue weighted by Gasteiger charge is -2.13. The van der Waals surface area contributed by atoms with E-state index in [0.29, 0.717) is 27.8 Å². The Morgan fingerprint density at radius 1 is 1.14 bits per heavy atom. The molecule has 1 fully saturated rings. The lowest BCUT2D eigenvalue weighted by molar-refractivity contribution is 0.300. The van der Waals surface area contributed by atoms with E-state index in [1.807, 2.05) is 30.3 Å². The van der Waals surface area contributed by atoms with Gasteiger partial charge in [-0.05, 0) is 42.5 Å². The zero-order valence-electron chi connectivity index (χ0n) is 15.6. The topological polar surface area (TPSA) is 124 Å². The summed E-state index contributed by atoms with van der Waals surface area (Å²) in [4.78, 5) is 4.31. The molecule has 0 atom stereocenters. The van der Waals surface area contributed by atoms with Gasteiger partial charge in [0.15, 0.2) is 0 Å². The highest BCUT2D eigenvalue weighted by molar-refractivity contribution is 7.98. The minimum Gasteiger partial charge on any atom is -0.493 e. The van der Waals surface area contributed by atoms with Crippen LogP contribution in [0.5, 0.6) is 5.75 Å². The van der Waals surface area contributed by atoms with Crippen molar-refractivity contribution in [2.75, 3.05) is 12.3 Å². The number of anilines is 1. The second kappa shape index (κ2) is 8.26. The fourth-order valence-electron chi connectivity index (χ4n) is 2.92. The maximum atomic E-state index is 9.84. The predicted molar refractivity (Wildman–Crippen MR) is 110 cm³/mol. The van der Waals surface area contributed by atoms with E-state index in [9.17, 15) is 10.5 Å². The van der Waals surface area contributed by atoms with E-state index in [1.54, 1.807) is 6.20 Å². The van der Waals surface area contributed by atoms with Crippen LogP contribution in [0, 0.1) is 28.6 Å². The molecule has 29 heavy (non-hydrogen) atoms. The summed E-state index contributed by atoms with van der Waals surface area (Å²) in [7, 11) is 0. The summed E-state index contributed by atoms with van der Waals surface area (Å²) in [5, 5.41) is 26.8. The molecule has 0 radical (unpaired) electrons. The molecule has 144 valence electrons. The third-order valence-corrected chi connectivity index (χ3v) is 5.69. The number of benzene rings is 1. The number of nitrogen functional groups attached to an aromatic ring is 1. The summed E-state index contributed by atoms with van der Waals surface area (Å²) < 4.78 is 5.78. The van der Waals surface area contributed by atoms with Gasteiger partial charge in [-0.25, -0.2) is 4.98 Å². The van der Waals surface area contributed by atoms with E-state index in [1.165, 1.54) is 24.6 Å². The molecular formula is C21H18N6OS. The summed E-state index contributed by atoms with van der Waals surface area (Å²) in [6.07, 6.45) is 4.12. The van der Waals surface area contributed by atoms with Crippen LogP contribution in [0.2, 0.25) is 0 Å². The van der Waals surface area contributed by atoms with Crippen molar-refractivity contribution in [2.24, 2.45) is 5.92 Å². The van der Waals surface area contributed by atoms with Gasteiger partial charge in [0.05, 0.1) is 12.2 Å². The Morgan fingerprint density at radius 2 is 1.90 bits per heavy atom. The predicted octanol–water partition coefficient (Wildman–Crippen LogP) is 3.88. The Kier molecular flexibility index (Phi) is 5.37. The quantitative estimate of drug-likeness (QED) is 0.575. The molecule has 3 aromatic rings. The van der Waals surface area contributed by atoms with Gasteiger partial charge >= 0.3 is 0 Å². The first kappa shape index (κ1) is 18.9. The molecule has 8 heteroatoms. The summed E-state index contributed by atoms with van der Waals surface area (Å²) in [6, 6.07) is 13.6. The number of H-pyrrole nitrogens is 1. The van der Waals surface area contributed by atoms with Gasteiger partial charge in [0.1, 0.15) is 34.3 Å². The number of hydrogen-bond acceptors (Lipinski definition) is 7. The van der Waals surface area contributed by atoms with Crippen LogP contribution in [0.15, 0.2) is 41.6 Å². The van der Waals surface area contributed by atoms with E-state index in [2.05, 4.69) is 27.3 Å². The number of aromatic amines is 1. The van der Waals surface area contributed by atoms with Crippen molar-refractivity contribution in [3.8, 4) is 29.0 Å². The van der Waals surface area contributed by atoms with Crippen molar-refractivity contribution >= 4 is 17.6 Å². The van der Waals surface area contributed by atoms with Gasteiger partial charge in [-0.3, -0.25) is 5.10 Å². The number of aromatic nitrogens is 3. The third kappa shape index (κ3) is 4.18. The Morgan fingerprint density at radius 3 is 2.52 bits per heavy atom. The largest absolute Gasteiger partial charge is 0.493 e. The maximum Gasteiger partial charge on any atom is 0.143 e. The Labute approximate surface area is 172 Å². The number of thioether (sulfide) groups is 1. The van der Waals surface area contributed by atoms with Gasteiger partial charge in [-0.1, -0.05) is 23.9 Å². The number of hydrogen-bond donors (Lipinski definition) is 2. The normalized spacial score (nSPS) is 12.9. The van der Waals surface area contributed by atoms with E-state index in [-0.39, 0.29) is 11.4 Å². The van der Waals surface area contributed by atoms with Crippen molar-refractivity contribution in [3.63, 3.8) is 0 Å². The van der Waals surface area contributed by atoms with Gasteiger partial charge in [-0.15, -0.1) is 0 Å². The number of pyridine rings is 1. The van der Waals surface area contributed by atoms with Crippen LogP contribution in [0.4, 0.5) is 5.82 Å². The standard InChI is InChI=1S/C21H18N6OS/c22-9-17-19(14-3-5-16(6-4-14)28-11-13-1-2-13)18(10-23)21(26-20(17)24)29-12-15-7-8-25-27-15/h3-8,13H,1-2,11-12H2,(H2,24,26)(H,25,27). The Hall–Kier alpha value is -3.49. The van der Waals surface area contributed by atoms with E-state index in [4.69, 9.17) is 10.5 Å². The molecule has 0 saturated heterocycles. The highest BCUT2D eigenvalue weighted by atomic mass is 32.2. The fraction of sp³-hybridized carbons (Fsp3) is 0.238. The average molecular weight is 402 g/mol. The smallest absolute Gasteiger partial charge is 0.143 e. The fourth-order valence-corrected chi connectivity index (χ4v) is 3.83. The van der Waals surface area contributed by atoms with Crippen molar-refractivity contribution in [1.29, 1.82) is 10.5 Å². The third-order valence-electron chi connectivity index (χ3n) is 4.66. The van der Waals surface area contributed by atoms with Gasteiger partial charge in [0, 0.05) is 23.2 Å². The monoisotopic (exact) mass is 402 g/mol. The lowest BCUT2D eigenvalue weighted by atomic mass is 9.97. The van der Waals surface area contributed by atoms with Crippen LogP contribution in [-0.2, 0) is 5.75 Å². The molecule has 0 aliphatic heterocycles. The molecule has 1 saturated carbocycles. The summed E-state index contributed by atoms with van der Waals surface area (Å²) in [6.45, 7) is 0.725. The zero-order valence-corrected chi connectivity index (χ0v) is 16.4. The van der Waals surface area contributed by atoms with Crippen LogP contribution in [-0.4, -0.2) is 21.8 Å². The lowest BCUT2D eigenvalue weighted by Crippen LogP contribution is -2.03. The van der Waals surface area contributed by atoms with Crippen LogP contribution in [0.1, 0.15) is 29.7 Å². The number of nitrogens with one attached hydrogen (secondary N) is 1. The molecule has 0 unspecified atom stereocenters. The Bertz CT molecular complexity index is 1090. The van der Waals surface area contributed by atoms with Crippen molar-refractivity contribution in [1.82, 2.24) is 15.2 Å². The van der Waals surface area contributed by atoms with E-state index < -0.39 is 0 Å². The second-order valence-electron chi connectivity index (χ2n) is 6.80. The summed E-state index contributed by atoms with van der Waals surface area (Å²) in [5.41, 5.74) is 8.75. The number of nitriles is 2. The van der Waals surface area contributed by atoms with Crippen molar-refractivity contribution < 1.29 is 4.74 Å². The van der Waals surface area contributed by atoms with Crippen LogP contribution >= 0.6 is 11.8 Å². The summed E-state index contributed by atoms with van der Waals surface area (Å²) in [5.74, 6) is 2.11. The van der Waals surface area contributed by atoms with Crippen LogP contribution in [0.3, 0.4) is 0 Å². The van der Waals surface area contributed by atoms with Crippen molar-refractivity contribution in [3.05, 3.63) is 53.3 Å². The SMILES string of the molecule is N#Cc1c(N)nc(SCc2ccn[nH]2)c(C#N)c1-c1ccc(OCC2CC2)cc1. The average Bonchev–Trinajstić information content (AvgIpc) is 3.43. The summed E-state index contributed by atoms with van der Waals surface area (Å²) >= 11 is 1.37. The molecule has 1 aliphatic rings. The molecule has 7 nitrogen and oxygen atoms in total. The van der Waals surface area contributed by atoms with E-state index >= 15 is 0 Å². The first-order valence-electron chi connectivity index (χ1n) is 9.17. The first-order chi connectivity index (χ1) is 14.2. The molecule has 0 bridgehead atoms. The van der Waals surface area contributed by atoms with E-state index in [0.717, 1.165) is 23.6 Å². The molecule has 1 aromatic carbocycles. The number of ether oxygens (including phenoxy) is 1. The van der Waals surface area contributed by atoms with Gasteiger partial charge in [0.25, 0.3) is 0 Å². The van der Waals surface area contributed by atoms with Crippen LogP contribution in [0.25, 0.3) is 11.1 Å². The zero-order chi connectivity index (χ0) is 20.2. The van der Waals surface area contributed by atoms with Crippen LogP contribution < -0.4 is 10.5 Å². The highest BCUT2D eigenvalue weighted by Crippen LogP contribution is 2.37. The molecule has 2 heterocycles. The molecule has 0 amide bonds. The second-order valence-corrected chi connectivity index (χ2v) is 7.76. The Balaban J connectivity index is 1.68. The van der Waals surface area contributed by atoms with Crippen molar-refractivity contribution in [2.45, 2.75) is 23.6 Å². The van der Waals surface area contributed by atoms with Gasteiger partial charge in [0.2, 0.25) is 0 Å². The molecule has 2 aromatic heterocycles. The first-order valence-corrected chi connectivity index (χ1v) is 10.2. The minimum atomic E-state index is 0.114. The highest BCUT2D eigenvalue weighted by Gasteiger charge is 2.23. The molecular weight excluding hydrogens is 384 g/mol. The molecule has 3 N–H and O–H groups in total. The van der Waals surface area contributed by atoms with Gasteiger partial charge < -0.3 is 10.5 Å². The maximum absolute atomic E-state index is 9.84. The molecule has 1 aliphatic carbocycles. The number of rotatable bonds is 7. The number of nitrogens with two attached hydrogens (primary N) is 1. The van der Waals surface area contributed by atoms with Gasteiger partial charge in [-0.2, -0.15) is 15.6 Å². The molecule has 0 spiro atoms. The molecule has 4 rings (SSSR count).